The largest absolute Gasteiger partial charge is 0.504 e. The van der Waals surface area contributed by atoms with Gasteiger partial charge in [0.05, 0.1) is 0 Å². The second-order valence-electron chi connectivity index (χ2n) is 12.8. The van der Waals surface area contributed by atoms with E-state index < -0.39 is 17.5 Å². The number of methoxy groups -OCH3 is 1. The van der Waals surface area contributed by atoms with E-state index in [4.69, 9.17) is 9.47 Å². The monoisotopic (exact) mass is 546 g/mol. The van der Waals surface area contributed by atoms with Crippen LogP contribution in [0.25, 0.3) is 0 Å². The first kappa shape index (κ1) is 24.5. The van der Waals surface area contributed by atoms with Crippen LogP contribution in [-0.4, -0.2) is 81.4 Å². The minimum Gasteiger partial charge on any atom is -0.504 e. The summed E-state index contributed by atoms with van der Waals surface area (Å²) in [6, 6.07) is 4.24. The number of piperidine rings is 1. The number of hydrogen-bond donors (Lipinski definition) is 3. The Hall–Kier alpha value is -3.24. The summed E-state index contributed by atoms with van der Waals surface area (Å²) in [6.07, 6.45) is 9.54. The molecule has 1 amide bonds. The zero-order valence-corrected chi connectivity index (χ0v) is 22.6. The molecule has 2 aliphatic heterocycles. The molecular formula is C30H34N4O6. The van der Waals surface area contributed by atoms with Crippen molar-refractivity contribution in [3.63, 3.8) is 0 Å². The van der Waals surface area contributed by atoms with Crippen LogP contribution in [0.3, 0.4) is 0 Å². The van der Waals surface area contributed by atoms with Crippen molar-refractivity contribution in [3.8, 4) is 11.5 Å². The Morgan fingerprint density at radius 3 is 2.73 bits per heavy atom. The van der Waals surface area contributed by atoms with E-state index >= 15 is 0 Å². The molecule has 7 aliphatic rings. The van der Waals surface area contributed by atoms with Crippen molar-refractivity contribution < 1.29 is 29.3 Å². The first-order chi connectivity index (χ1) is 19.3. The molecule has 210 valence electrons. The van der Waals surface area contributed by atoms with Gasteiger partial charge in [-0.1, -0.05) is 6.07 Å². The Balaban J connectivity index is 1.20. The molecule has 5 fully saturated rings. The summed E-state index contributed by atoms with van der Waals surface area (Å²) in [5.74, 6) is -0.299. The van der Waals surface area contributed by atoms with E-state index in [1.54, 1.807) is 13.2 Å². The average molecular weight is 547 g/mol. The van der Waals surface area contributed by atoms with E-state index in [1.807, 2.05) is 0 Å². The van der Waals surface area contributed by atoms with Gasteiger partial charge in [-0.2, -0.15) is 0 Å². The smallest absolute Gasteiger partial charge is 0.356 e. The zero-order valence-electron chi connectivity index (χ0n) is 22.6. The Morgan fingerprint density at radius 2 is 1.98 bits per heavy atom. The lowest BCUT2D eigenvalue weighted by Gasteiger charge is -2.74. The molecule has 3 heterocycles. The van der Waals surface area contributed by atoms with Gasteiger partial charge in [0.15, 0.2) is 22.9 Å². The number of aromatic nitrogens is 2. The Labute approximate surface area is 232 Å². The fourth-order valence-electron chi connectivity index (χ4n) is 9.75. The lowest BCUT2D eigenvalue weighted by atomic mass is 9.35. The summed E-state index contributed by atoms with van der Waals surface area (Å²) in [6.45, 7) is 2.46. The van der Waals surface area contributed by atoms with Crippen LogP contribution in [-0.2, 0) is 16.6 Å². The van der Waals surface area contributed by atoms with Gasteiger partial charge in [-0.3, -0.25) is 9.69 Å². The number of hydrogen-bond acceptors (Lipinski definition) is 8. The highest BCUT2D eigenvalue weighted by Gasteiger charge is 2.80. The highest BCUT2D eigenvalue weighted by Crippen LogP contribution is 2.76. The Morgan fingerprint density at radius 1 is 1.18 bits per heavy atom. The second kappa shape index (κ2) is 8.16. The SMILES string of the molecule is COC12CC[C@@]3(CC1CNC(=O)c1nccnc1C(=O)O)[C@H]1Cc4ccc(O)c5c4[C@@]3(CCN1CC1CC1)C2O5. The van der Waals surface area contributed by atoms with Gasteiger partial charge < -0.3 is 25.0 Å². The Bertz CT molecular complexity index is 1450. The molecule has 9 rings (SSSR count). The van der Waals surface area contributed by atoms with E-state index in [9.17, 15) is 19.8 Å². The fourth-order valence-corrected chi connectivity index (χ4v) is 9.75. The molecule has 6 atom stereocenters. The number of amides is 1. The maximum absolute atomic E-state index is 13.2. The highest BCUT2D eigenvalue weighted by atomic mass is 16.6. The molecule has 0 radical (unpaired) electrons. The summed E-state index contributed by atoms with van der Waals surface area (Å²) >= 11 is 0. The number of nitrogens with zero attached hydrogens (tertiary/aromatic N) is 3. The Kier molecular flexibility index (Phi) is 5.01. The summed E-state index contributed by atoms with van der Waals surface area (Å²) < 4.78 is 13.3. The molecule has 2 aromatic rings. The lowest BCUT2D eigenvalue weighted by Crippen LogP contribution is -2.81. The van der Waals surface area contributed by atoms with Crippen molar-refractivity contribution >= 4 is 11.9 Å². The van der Waals surface area contributed by atoms with Crippen LogP contribution in [0.5, 0.6) is 11.5 Å². The van der Waals surface area contributed by atoms with E-state index in [0.29, 0.717) is 18.3 Å². The topological polar surface area (TPSA) is 134 Å². The number of carbonyl (C=O) groups is 2. The second-order valence-corrected chi connectivity index (χ2v) is 12.8. The van der Waals surface area contributed by atoms with E-state index in [0.717, 1.165) is 51.1 Å². The summed E-state index contributed by atoms with van der Waals surface area (Å²) in [4.78, 5) is 35.5. The van der Waals surface area contributed by atoms with Crippen LogP contribution in [0.1, 0.15) is 70.6 Å². The number of rotatable bonds is 7. The number of carboxylic acid groups (broad SMARTS) is 1. The maximum Gasteiger partial charge on any atom is 0.356 e. The summed E-state index contributed by atoms with van der Waals surface area (Å²) in [5, 5.41) is 23.5. The van der Waals surface area contributed by atoms with Gasteiger partial charge in [0.2, 0.25) is 0 Å². The molecule has 4 saturated carbocycles. The molecule has 40 heavy (non-hydrogen) atoms. The molecule has 2 spiro atoms. The summed E-state index contributed by atoms with van der Waals surface area (Å²) in [7, 11) is 1.74. The van der Waals surface area contributed by atoms with E-state index in [1.165, 1.54) is 36.4 Å². The fraction of sp³-hybridized carbons (Fsp3) is 0.600. The van der Waals surface area contributed by atoms with Crippen LogP contribution in [0.4, 0.5) is 0 Å². The van der Waals surface area contributed by atoms with Crippen molar-refractivity contribution in [1.82, 2.24) is 20.2 Å². The van der Waals surface area contributed by atoms with Gasteiger partial charge in [0.1, 0.15) is 11.7 Å². The third-order valence-electron chi connectivity index (χ3n) is 11.4. The quantitative estimate of drug-likeness (QED) is 0.479. The third-order valence-corrected chi connectivity index (χ3v) is 11.4. The number of aromatic hydroxyl groups is 1. The van der Waals surface area contributed by atoms with E-state index in [-0.39, 0.29) is 40.0 Å². The van der Waals surface area contributed by atoms with Crippen LogP contribution in [0.2, 0.25) is 0 Å². The molecular weight excluding hydrogens is 512 g/mol. The lowest BCUT2D eigenvalue weighted by molar-refractivity contribution is -0.275. The van der Waals surface area contributed by atoms with Gasteiger partial charge in [0.25, 0.3) is 5.91 Å². The van der Waals surface area contributed by atoms with Gasteiger partial charge in [-0.15, -0.1) is 0 Å². The zero-order chi connectivity index (χ0) is 27.4. The molecule has 1 aromatic carbocycles. The molecule has 3 unspecified atom stereocenters. The molecule has 1 aromatic heterocycles. The standard InChI is InChI=1S/C30H34N4O6/c1-39-30-7-6-28(13-18(30)14-33-25(36)22-23(26(37)38)32-10-9-31-22)20-12-17-4-5-19(35)24-21(17)29(28,27(30)40-24)8-11-34(20)15-16-2-3-16/h4-5,9-10,16,18,20,27,35H,2-3,6-8,11-15H2,1H3,(H,33,36)(H,37,38)/t18?,20-,27?,28-,29+,30?/m1/s1. The average Bonchev–Trinajstić information content (AvgIpc) is 3.71. The van der Waals surface area contributed by atoms with Gasteiger partial charge in [0, 0.05) is 60.9 Å². The number of ether oxygens (including phenoxy) is 2. The number of nitrogens with one attached hydrogen (secondary N) is 1. The maximum atomic E-state index is 13.2. The molecule has 3 N–H and O–H groups in total. The number of phenolic OH excluding ortho intramolecular Hbond substituents is 1. The predicted octanol–water partition coefficient (Wildman–Crippen LogP) is 2.53. The molecule has 1 saturated heterocycles. The molecule has 5 aliphatic carbocycles. The van der Waals surface area contributed by atoms with Crippen LogP contribution in [0, 0.1) is 17.3 Å². The van der Waals surface area contributed by atoms with E-state index in [2.05, 4.69) is 26.3 Å². The third kappa shape index (κ3) is 2.91. The predicted molar refractivity (Wildman–Crippen MR) is 141 cm³/mol. The van der Waals surface area contributed by atoms with Crippen molar-refractivity contribution in [2.24, 2.45) is 17.3 Å². The number of likely N-dealkylation sites (tertiary alicyclic amines) is 1. The molecule has 10 nitrogen and oxygen atoms in total. The molecule has 4 bridgehead atoms. The van der Waals surface area contributed by atoms with Gasteiger partial charge >= 0.3 is 5.97 Å². The van der Waals surface area contributed by atoms with Crippen molar-refractivity contribution in [2.75, 3.05) is 26.7 Å². The first-order valence-corrected chi connectivity index (χ1v) is 14.5. The normalized spacial score (nSPS) is 36.6. The summed E-state index contributed by atoms with van der Waals surface area (Å²) in [5.41, 5.74) is 0.977. The minimum atomic E-state index is -1.29. The van der Waals surface area contributed by atoms with Crippen LogP contribution < -0.4 is 10.1 Å². The number of fused-ring (bicyclic) bond motifs is 2. The highest BCUT2D eigenvalue weighted by molar-refractivity contribution is 6.01. The number of carbonyl (C=O) groups excluding carboxylic acids is 1. The minimum absolute atomic E-state index is 0.0559. The van der Waals surface area contributed by atoms with Gasteiger partial charge in [-0.05, 0) is 69.0 Å². The van der Waals surface area contributed by atoms with Crippen molar-refractivity contribution in [2.45, 2.75) is 68.1 Å². The number of benzene rings is 1. The molecule has 10 heteroatoms. The van der Waals surface area contributed by atoms with Crippen molar-refractivity contribution in [3.05, 3.63) is 47.0 Å². The van der Waals surface area contributed by atoms with Gasteiger partial charge in [-0.25, -0.2) is 14.8 Å². The number of phenols is 1. The van der Waals surface area contributed by atoms with Crippen LogP contribution >= 0.6 is 0 Å². The number of carboxylic acids is 1. The van der Waals surface area contributed by atoms with Crippen molar-refractivity contribution in [1.29, 1.82) is 0 Å². The van der Waals surface area contributed by atoms with Crippen LogP contribution in [0.15, 0.2) is 24.5 Å². The first-order valence-electron chi connectivity index (χ1n) is 14.5. The number of aromatic carboxylic acids is 1.